The third-order valence-electron chi connectivity index (χ3n) is 7.70. The van der Waals surface area contributed by atoms with E-state index < -0.39 is 23.2 Å². The summed E-state index contributed by atoms with van der Waals surface area (Å²) >= 11 is 0. The number of anilines is 2. The second-order valence-corrected chi connectivity index (χ2v) is 9.10. The van der Waals surface area contributed by atoms with Crippen LogP contribution in [0.25, 0.3) is 0 Å². The summed E-state index contributed by atoms with van der Waals surface area (Å²) in [7, 11) is 0. The van der Waals surface area contributed by atoms with Crippen LogP contribution < -0.4 is 10.2 Å². The van der Waals surface area contributed by atoms with Crippen molar-refractivity contribution < 1.29 is 18.8 Å². The van der Waals surface area contributed by atoms with Crippen molar-refractivity contribution >= 4 is 29.1 Å². The van der Waals surface area contributed by atoms with Gasteiger partial charge in [0.2, 0.25) is 17.7 Å². The molecule has 7 heteroatoms. The molecule has 1 spiro atoms. The van der Waals surface area contributed by atoms with Crippen molar-refractivity contribution in [1.82, 2.24) is 4.90 Å². The predicted molar refractivity (Wildman–Crippen MR) is 112 cm³/mol. The highest BCUT2D eigenvalue weighted by molar-refractivity contribution is 6.25. The molecule has 0 bridgehead atoms. The van der Waals surface area contributed by atoms with Crippen LogP contribution in [0.5, 0.6) is 0 Å². The molecule has 3 fully saturated rings. The van der Waals surface area contributed by atoms with Crippen molar-refractivity contribution in [3.05, 3.63) is 58.9 Å². The Labute approximate surface area is 179 Å². The highest BCUT2D eigenvalue weighted by Crippen LogP contribution is 2.60. The van der Waals surface area contributed by atoms with Gasteiger partial charge in [-0.1, -0.05) is 6.07 Å². The fourth-order valence-corrected chi connectivity index (χ4v) is 6.29. The molecule has 0 radical (unpaired) electrons. The molecule has 2 aromatic rings. The minimum absolute atomic E-state index is 0.210. The number of halogens is 1. The van der Waals surface area contributed by atoms with Crippen molar-refractivity contribution in [3.8, 4) is 0 Å². The molecule has 0 saturated carbocycles. The number of benzene rings is 2. The van der Waals surface area contributed by atoms with Crippen LogP contribution in [0.2, 0.25) is 0 Å². The summed E-state index contributed by atoms with van der Waals surface area (Å²) in [6.45, 7) is 4.51. The second-order valence-electron chi connectivity index (χ2n) is 9.10. The van der Waals surface area contributed by atoms with E-state index in [4.69, 9.17) is 0 Å². The minimum atomic E-state index is -1.34. The van der Waals surface area contributed by atoms with Gasteiger partial charge in [-0.25, -0.2) is 9.29 Å². The van der Waals surface area contributed by atoms with Crippen LogP contribution in [0.1, 0.15) is 29.5 Å². The average molecular weight is 419 g/mol. The molecule has 0 aromatic heterocycles. The summed E-state index contributed by atoms with van der Waals surface area (Å²) in [5.74, 6) is -2.91. The largest absolute Gasteiger partial charge is 0.324 e. The molecule has 4 aliphatic rings. The van der Waals surface area contributed by atoms with Gasteiger partial charge in [-0.2, -0.15) is 0 Å². The third kappa shape index (κ3) is 2.12. The molecule has 4 atom stereocenters. The standard InChI is InChI=1S/C24H22FN3O3/c1-12-5-7-15(10-13(12)2)28-21(29)19-18-4-3-9-27(18)24(20(19)22(28)30)16-11-14(25)6-8-17(16)26-23(24)31/h5-8,10-11,18-20H,3-4,9H2,1-2H3,(H,26,31)/t18-,19-,20+,24-/m1/s1. The van der Waals surface area contributed by atoms with Gasteiger partial charge in [0.05, 0.1) is 17.5 Å². The van der Waals surface area contributed by atoms with E-state index >= 15 is 0 Å². The smallest absolute Gasteiger partial charge is 0.250 e. The predicted octanol–water partition coefficient (Wildman–Crippen LogP) is 2.87. The number of amides is 3. The second kappa shape index (κ2) is 6.01. The Bertz CT molecular complexity index is 1190. The van der Waals surface area contributed by atoms with Gasteiger partial charge in [0.25, 0.3) is 0 Å². The van der Waals surface area contributed by atoms with E-state index in [-0.39, 0.29) is 23.8 Å². The first-order valence-corrected chi connectivity index (χ1v) is 10.7. The van der Waals surface area contributed by atoms with E-state index in [0.29, 0.717) is 23.5 Å². The third-order valence-corrected chi connectivity index (χ3v) is 7.70. The van der Waals surface area contributed by atoms with Gasteiger partial charge in [0.15, 0.2) is 0 Å². The summed E-state index contributed by atoms with van der Waals surface area (Å²) < 4.78 is 14.3. The van der Waals surface area contributed by atoms with E-state index in [1.807, 2.05) is 30.9 Å². The number of hydrogen-bond donors (Lipinski definition) is 1. The van der Waals surface area contributed by atoms with Crippen LogP contribution >= 0.6 is 0 Å². The molecule has 6 rings (SSSR count). The molecule has 4 aliphatic heterocycles. The number of nitrogens with one attached hydrogen (secondary N) is 1. The quantitative estimate of drug-likeness (QED) is 0.722. The van der Waals surface area contributed by atoms with Gasteiger partial charge in [-0.05, 0) is 74.7 Å². The van der Waals surface area contributed by atoms with Crippen molar-refractivity contribution in [2.45, 2.75) is 38.3 Å². The molecule has 158 valence electrons. The topological polar surface area (TPSA) is 69.7 Å². The maximum absolute atomic E-state index is 14.3. The summed E-state index contributed by atoms with van der Waals surface area (Å²) in [6.07, 6.45) is 1.57. The molecular formula is C24H22FN3O3. The maximum Gasteiger partial charge on any atom is 0.250 e. The lowest BCUT2D eigenvalue weighted by Crippen LogP contribution is -2.54. The van der Waals surface area contributed by atoms with Gasteiger partial charge >= 0.3 is 0 Å². The maximum atomic E-state index is 14.3. The molecule has 0 unspecified atom stereocenters. The number of rotatable bonds is 1. The normalized spacial score (nSPS) is 31.4. The molecule has 6 nitrogen and oxygen atoms in total. The van der Waals surface area contributed by atoms with E-state index in [0.717, 1.165) is 24.0 Å². The fraction of sp³-hybridized carbons (Fsp3) is 0.375. The van der Waals surface area contributed by atoms with Gasteiger partial charge in [0, 0.05) is 17.3 Å². The molecule has 1 N–H and O–H groups in total. The van der Waals surface area contributed by atoms with Crippen LogP contribution in [-0.2, 0) is 19.9 Å². The Kier molecular flexibility index (Phi) is 3.62. The number of carbonyl (C=O) groups is 3. The lowest BCUT2D eigenvalue weighted by molar-refractivity contribution is -0.135. The lowest BCUT2D eigenvalue weighted by Gasteiger charge is -2.36. The molecule has 3 saturated heterocycles. The van der Waals surface area contributed by atoms with Gasteiger partial charge < -0.3 is 5.32 Å². The first kappa shape index (κ1) is 18.7. The Balaban J connectivity index is 1.56. The Morgan fingerprint density at radius 3 is 2.61 bits per heavy atom. The highest BCUT2D eigenvalue weighted by atomic mass is 19.1. The summed E-state index contributed by atoms with van der Waals surface area (Å²) in [4.78, 5) is 44.2. The average Bonchev–Trinajstić information content (AvgIpc) is 3.43. The molecule has 2 aromatic carbocycles. The number of imide groups is 1. The molecule has 0 aliphatic carbocycles. The Morgan fingerprint density at radius 2 is 1.84 bits per heavy atom. The van der Waals surface area contributed by atoms with Gasteiger partial charge in [-0.15, -0.1) is 0 Å². The van der Waals surface area contributed by atoms with Crippen LogP contribution in [0.4, 0.5) is 15.8 Å². The minimum Gasteiger partial charge on any atom is -0.324 e. The van der Waals surface area contributed by atoms with Crippen molar-refractivity contribution in [2.75, 3.05) is 16.8 Å². The number of fused-ring (bicyclic) bond motifs is 7. The van der Waals surface area contributed by atoms with Crippen LogP contribution in [0.3, 0.4) is 0 Å². The number of aryl methyl sites for hydroxylation is 2. The lowest BCUT2D eigenvalue weighted by atomic mass is 9.75. The van der Waals surface area contributed by atoms with E-state index in [1.54, 1.807) is 6.07 Å². The van der Waals surface area contributed by atoms with Crippen molar-refractivity contribution in [1.29, 1.82) is 0 Å². The SMILES string of the molecule is Cc1ccc(N2C(=O)[C@@H]3[C@H]4CCCN4[C@@]4(C(=O)Nc5ccc(F)cc54)[C@@H]3C2=O)cc1C. The monoisotopic (exact) mass is 419 g/mol. The highest BCUT2D eigenvalue weighted by Gasteiger charge is 2.74. The van der Waals surface area contributed by atoms with Crippen molar-refractivity contribution in [3.63, 3.8) is 0 Å². The fourth-order valence-electron chi connectivity index (χ4n) is 6.29. The van der Waals surface area contributed by atoms with E-state index in [2.05, 4.69) is 5.32 Å². The number of carbonyl (C=O) groups excluding carboxylic acids is 3. The van der Waals surface area contributed by atoms with Crippen molar-refractivity contribution in [2.24, 2.45) is 11.8 Å². The summed E-state index contributed by atoms with van der Waals surface area (Å²) in [5, 5.41) is 2.86. The first-order chi connectivity index (χ1) is 14.9. The van der Waals surface area contributed by atoms with Gasteiger partial charge in [0.1, 0.15) is 11.4 Å². The zero-order valence-electron chi connectivity index (χ0n) is 17.3. The zero-order valence-corrected chi connectivity index (χ0v) is 17.3. The molecule has 31 heavy (non-hydrogen) atoms. The summed E-state index contributed by atoms with van der Waals surface area (Å²) in [6, 6.07) is 9.49. The zero-order chi connectivity index (χ0) is 21.7. The summed E-state index contributed by atoms with van der Waals surface area (Å²) in [5.41, 5.74) is 2.23. The Morgan fingerprint density at radius 1 is 1.03 bits per heavy atom. The molecular weight excluding hydrogens is 397 g/mol. The van der Waals surface area contributed by atoms with Crippen LogP contribution in [-0.4, -0.2) is 35.2 Å². The number of nitrogens with zero attached hydrogens (tertiary/aromatic N) is 2. The molecule has 3 amide bonds. The van der Waals surface area contributed by atoms with Crippen LogP contribution in [0, 0.1) is 31.5 Å². The number of hydrogen-bond acceptors (Lipinski definition) is 4. The molecule has 4 heterocycles. The van der Waals surface area contributed by atoms with E-state index in [1.165, 1.54) is 23.1 Å². The van der Waals surface area contributed by atoms with Gasteiger partial charge in [-0.3, -0.25) is 19.3 Å². The Hall–Kier alpha value is -3.06. The van der Waals surface area contributed by atoms with E-state index in [9.17, 15) is 18.8 Å². The van der Waals surface area contributed by atoms with Crippen LogP contribution in [0.15, 0.2) is 36.4 Å². The first-order valence-electron chi connectivity index (χ1n) is 10.7.